The van der Waals surface area contributed by atoms with Gasteiger partial charge in [0.15, 0.2) is 0 Å². The monoisotopic (exact) mass is 522 g/mol. The lowest BCUT2D eigenvalue weighted by Gasteiger charge is -2.25. The van der Waals surface area contributed by atoms with Crippen LogP contribution in [0.25, 0.3) is 22.2 Å². The summed E-state index contributed by atoms with van der Waals surface area (Å²) in [5, 5.41) is 0.826. The van der Waals surface area contributed by atoms with Gasteiger partial charge in [-0.15, -0.1) is 0 Å². The number of hydrogen-bond donors (Lipinski definition) is 3. The van der Waals surface area contributed by atoms with E-state index in [0.717, 1.165) is 64.9 Å². The van der Waals surface area contributed by atoms with Gasteiger partial charge in [-0.25, -0.2) is 9.97 Å². The Morgan fingerprint density at radius 1 is 0.974 bits per heavy atom. The van der Waals surface area contributed by atoms with Gasteiger partial charge in [0.1, 0.15) is 29.3 Å². The molecule has 5 rings (SSSR count). The molecule has 9 nitrogen and oxygen atoms in total. The SMILES string of the molecule is C/C=C/C(=O)NNC(=O)C=C1CCC(n2cc(-c3ccc(Oc4ccccc4)cc3)c3c(N)ncnc32)CC1. The average Bonchev–Trinajstić information content (AvgIpc) is 3.35. The van der Waals surface area contributed by atoms with Gasteiger partial charge in [0.05, 0.1) is 5.39 Å². The number of anilines is 1. The van der Waals surface area contributed by atoms with Gasteiger partial charge < -0.3 is 15.0 Å². The van der Waals surface area contributed by atoms with Gasteiger partial charge in [-0.2, -0.15) is 0 Å². The van der Waals surface area contributed by atoms with Gasteiger partial charge >= 0.3 is 0 Å². The number of nitrogen functional groups attached to an aromatic ring is 1. The molecule has 1 aliphatic rings. The number of nitrogens with one attached hydrogen (secondary N) is 2. The standard InChI is InChI=1S/C30H30N6O3/c1-2-6-26(37)34-35-27(38)17-20-9-13-22(14-10-20)36-18-25(28-29(31)32-19-33-30(28)36)21-11-15-24(16-12-21)39-23-7-4-3-5-8-23/h2-8,11-12,15-19,22H,9-10,13-14H2,1H3,(H,34,37)(H,35,38)(H2,31,32,33)/b6-2+,20-17?. The molecule has 0 atom stereocenters. The maximum atomic E-state index is 12.2. The molecule has 4 N–H and O–H groups in total. The van der Waals surface area contributed by atoms with Crippen molar-refractivity contribution in [3.05, 3.63) is 90.9 Å². The van der Waals surface area contributed by atoms with Crippen LogP contribution >= 0.6 is 0 Å². The molecule has 2 amide bonds. The van der Waals surface area contributed by atoms with Crippen molar-refractivity contribution in [3.8, 4) is 22.6 Å². The van der Waals surface area contributed by atoms with E-state index in [-0.39, 0.29) is 17.9 Å². The summed E-state index contributed by atoms with van der Waals surface area (Å²) >= 11 is 0. The zero-order valence-corrected chi connectivity index (χ0v) is 21.6. The van der Waals surface area contributed by atoms with Crippen molar-refractivity contribution in [3.63, 3.8) is 0 Å². The van der Waals surface area contributed by atoms with Crippen LogP contribution in [0.2, 0.25) is 0 Å². The number of nitrogens with two attached hydrogens (primary N) is 1. The van der Waals surface area contributed by atoms with Gasteiger partial charge in [0, 0.05) is 30.0 Å². The largest absolute Gasteiger partial charge is 0.457 e. The number of para-hydroxylation sites is 1. The number of carbonyl (C=O) groups is 2. The predicted octanol–water partition coefficient (Wildman–Crippen LogP) is 5.24. The first-order chi connectivity index (χ1) is 19.0. The summed E-state index contributed by atoms with van der Waals surface area (Å²) in [7, 11) is 0. The molecule has 2 heterocycles. The van der Waals surface area contributed by atoms with Crippen LogP contribution in [0.3, 0.4) is 0 Å². The van der Waals surface area contributed by atoms with Gasteiger partial charge in [0.25, 0.3) is 11.8 Å². The molecule has 198 valence electrons. The zero-order chi connectivity index (χ0) is 27.2. The third-order valence-electron chi connectivity index (χ3n) is 6.74. The summed E-state index contributed by atoms with van der Waals surface area (Å²) in [6, 6.07) is 17.8. The molecule has 2 aromatic heterocycles. The second-order valence-corrected chi connectivity index (χ2v) is 9.36. The molecule has 0 saturated heterocycles. The summed E-state index contributed by atoms with van der Waals surface area (Å²) in [4.78, 5) is 32.5. The van der Waals surface area contributed by atoms with E-state index in [1.807, 2.05) is 54.6 Å². The molecule has 1 fully saturated rings. The smallest absolute Gasteiger partial charge is 0.262 e. The molecule has 9 heteroatoms. The molecule has 4 aromatic rings. The van der Waals surface area contributed by atoms with Gasteiger partial charge in [-0.05, 0) is 62.4 Å². The third kappa shape index (κ3) is 5.98. The molecular formula is C30H30N6O3. The summed E-state index contributed by atoms with van der Waals surface area (Å²) < 4.78 is 8.13. The Balaban J connectivity index is 1.32. The molecule has 1 saturated carbocycles. The molecule has 39 heavy (non-hydrogen) atoms. The first kappa shape index (κ1) is 25.7. The lowest BCUT2D eigenvalue weighted by Crippen LogP contribution is -2.40. The van der Waals surface area contributed by atoms with Crippen LogP contribution in [0.4, 0.5) is 5.82 Å². The average molecular weight is 523 g/mol. The fraction of sp³-hybridized carbons (Fsp3) is 0.200. The van der Waals surface area contributed by atoms with Crippen LogP contribution in [0, 0.1) is 0 Å². The minimum Gasteiger partial charge on any atom is -0.457 e. The zero-order valence-electron chi connectivity index (χ0n) is 21.6. The number of ether oxygens (including phenoxy) is 1. The molecule has 0 aliphatic heterocycles. The summed E-state index contributed by atoms with van der Waals surface area (Å²) in [6.45, 7) is 1.73. The molecule has 2 aromatic carbocycles. The van der Waals surface area contributed by atoms with E-state index < -0.39 is 0 Å². The number of fused-ring (bicyclic) bond motifs is 1. The second kappa shape index (κ2) is 11.6. The number of hydrogen-bond acceptors (Lipinski definition) is 6. The van der Waals surface area contributed by atoms with E-state index >= 15 is 0 Å². The molecular weight excluding hydrogens is 492 g/mol. The molecule has 0 unspecified atom stereocenters. The number of hydrazine groups is 1. The number of aromatic nitrogens is 3. The van der Waals surface area contributed by atoms with E-state index in [2.05, 4.69) is 31.6 Å². The first-order valence-corrected chi connectivity index (χ1v) is 12.9. The lowest BCUT2D eigenvalue weighted by atomic mass is 9.90. The Labute approximate surface area is 226 Å². The van der Waals surface area contributed by atoms with E-state index in [1.165, 1.54) is 12.4 Å². The predicted molar refractivity (Wildman–Crippen MR) is 151 cm³/mol. The van der Waals surface area contributed by atoms with Gasteiger partial charge in [-0.3, -0.25) is 20.4 Å². The fourth-order valence-electron chi connectivity index (χ4n) is 4.87. The number of rotatable bonds is 6. The maximum absolute atomic E-state index is 12.2. The molecule has 1 aliphatic carbocycles. The molecule has 0 radical (unpaired) electrons. The van der Waals surface area contributed by atoms with E-state index in [1.54, 1.807) is 19.1 Å². The van der Waals surface area contributed by atoms with Crippen molar-refractivity contribution < 1.29 is 14.3 Å². The highest BCUT2D eigenvalue weighted by molar-refractivity contribution is 6.00. The highest BCUT2D eigenvalue weighted by atomic mass is 16.5. The first-order valence-electron chi connectivity index (χ1n) is 12.9. The highest BCUT2D eigenvalue weighted by Gasteiger charge is 2.24. The van der Waals surface area contributed by atoms with Crippen molar-refractivity contribution in [2.24, 2.45) is 0 Å². The lowest BCUT2D eigenvalue weighted by molar-refractivity contribution is -0.123. The molecule has 0 bridgehead atoms. The Morgan fingerprint density at radius 2 is 1.67 bits per heavy atom. The van der Waals surface area contributed by atoms with Crippen molar-refractivity contribution >= 4 is 28.7 Å². The normalized spacial score (nSPS) is 15.3. The van der Waals surface area contributed by atoms with E-state index in [9.17, 15) is 9.59 Å². The number of benzene rings is 2. The Hall–Kier alpha value is -4.92. The summed E-state index contributed by atoms with van der Waals surface area (Å²) in [5.41, 5.74) is 14.9. The van der Waals surface area contributed by atoms with Crippen LogP contribution in [0.5, 0.6) is 11.5 Å². The maximum Gasteiger partial charge on any atom is 0.262 e. The number of amides is 2. The van der Waals surface area contributed by atoms with Crippen molar-refractivity contribution in [2.75, 3.05) is 5.73 Å². The van der Waals surface area contributed by atoms with Gasteiger partial charge in [-0.1, -0.05) is 42.0 Å². The number of nitrogens with zero attached hydrogens (tertiary/aromatic N) is 3. The quantitative estimate of drug-likeness (QED) is 0.235. The Morgan fingerprint density at radius 3 is 2.38 bits per heavy atom. The third-order valence-corrected chi connectivity index (χ3v) is 6.74. The second-order valence-electron chi connectivity index (χ2n) is 9.36. The van der Waals surface area contributed by atoms with Gasteiger partial charge in [0.2, 0.25) is 0 Å². The van der Waals surface area contributed by atoms with Crippen molar-refractivity contribution in [1.29, 1.82) is 0 Å². The van der Waals surface area contributed by atoms with E-state index in [0.29, 0.717) is 5.82 Å². The fourth-order valence-corrected chi connectivity index (χ4v) is 4.87. The Bertz CT molecular complexity index is 1530. The number of allylic oxidation sites excluding steroid dienone is 2. The minimum absolute atomic E-state index is 0.200. The van der Waals surface area contributed by atoms with Crippen LogP contribution in [0.15, 0.2) is 90.9 Å². The van der Waals surface area contributed by atoms with Crippen LogP contribution in [-0.4, -0.2) is 26.3 Å². The van der Waals surface area contributed by atoms with Crippen LogP contribution in [-0.2, 0) is 9.59 Å². The minimum atomic E-state index is -0.372. The van der Waals surface area contributed by atoms with Crippen molar-refractivity contribution in [2.45, 2.75) is 38.6 Å². The van der Waals surface area contributed by atoms with Crippen LogP contribution < -0.4 is 21.3 Å². The van der Waals surface area contributed by atoms with E-state index in [4.69, 9.17) is 10.5 Å². The topological polar surface area (TPSA) is 124 Å². The highest BCUT2D eigenvalue weighted by Crippen LogP contribution is 2.39. The number of carbonyl (C=O) groups excluding carboxylic acids is 2. The summed E-state index contributed by atoms with van der Waals surface area (Å²) in [6.07, 6.45) is 11.3. The molecule has 0 spiro atoms. The Kier molecular flexibility index (Phi) is 7.68. The van der Waals surface area contributed by atoms with Crippen molar-refractivity contribution in [1.82, 2.24) is 25.4 Å². The summed E-state index contributed by atoms with van der Waals surface area (Å²) in [5.74, 6) is 1.25. The van der Waals surface area contributed by atoms with Crippen LogP contribution in [0.1, 0.15) is 38.6 Å².